The van der Waals surface area contributed by atoms with Gasteiger partial charge in [0.25, 0.3) is 0 Å². The van der Waals surface area contributed by atoms with Crippen molar-refractivity contribution >= 4 is 11.8 Å². The highest BCUT2D eigenvalue weighted by atomic mass is 16.4. The van der Waals surface area contributed by atoms with E-state index in [2.05, 4.69) is 9.97 Å². The van der Waals surface area contributed by atoms with Crippen molar-refractivity contribution in [3.63, 3.8) is 0 Å². The molecule has 0 saturated carbocycles. The van der Waals surface area contributed by atoms with E-state index in [1.54, 1.807) is 45.1 Å². The van der Waals surface area contributed by atoms with Gasteiger partial charge in [0.15, 0.2) is 5.82 Å². The van der Waals surface area contributed by atoms with E-state index >= 15 is 0 Å². The lowest BCUT2D eigenvalue weighted by Gasteiger charge is -2.32. The molecule has 0 bridgehead atoms. The monoisotopic (exact) mass is 209 g/mol. The summed E-state index contributed by atoms with van der Waals surface area (Å²) in [5.74, 6) is -0.306. The number of carboxylic acids is 1. The van der Waals surface area contributed by atoms with Gasteiger partial charge in [-0.15, -0.1) is 0 Å². The molecule has 0 spiro atoms. The third kappa shape index (κ3) is 2.06. The highest BCUT2D eigenvalue weighted by molar-refractivity contribution is 5.82. The Hall–Kier alpha value is -1.65. The molecule has 1 rings (SSSR count). The Kier molecular flexibility index (Phi) is 2.93. The van der Waals surface area contributed by atoms with Gasteiger partial charge in [-0.3, -0.25) is 4.98 Å². The summed E-state index contributed by atoms with van der Waals surface area (Å²) in [4.78, 5) is 20.9. The van der Waals surface area contributed by atoms with Crippen molar-refractivity contribution in [2.75, 3.05) is 11.9 Å². The van der Waals surface area contributed by atoms with Crippen molar-refractivity contribution < 1.29 is 9.90 Å². The second-order valence-electron chi connectivity index (χ2n) is 3.89. The average Bonchev–Trinajstić information content (AvgIpc) is 2.17. The van der Waals surface area contributed by atoms with Gasteiger partial charge in [-0.1, -0.05) is 0 Å². The number of aryl methyl sites for hydroxylation is 1. The van der Waals surface area contributed by atoms with Crippen LogP contribution in [0.5, 0.6) is 0 Å². The van der Waals surface area contributed by atoms with Crippen LogP contribution in [0.25, 0.3) is 0 Å². The van der Waals surface area contributed by atoms with Crippen LogP contribution in [0.3, 0.4) is 0 Å². The Balaban J connectivity index is 3.10. The van der Waals surface area contributed by atoms with E-state index in [1.165, 1.54) is 0 Å². The molecule has 1 aromatic heterocycles. The van der Waals surface area contributed by atoms with Crippen LogP contribution >= 0.6 is 0 Å². The Morgan fingerprint density at radius 3 is 2.40 bits per heavy atom. The van der Waals surface area contributed by atoms with E-state index in [0.29, 0.717) is 11.5 Å². The van der Waals surface area contributed by atoms with Gasteiger partial charge in [-0.05, 0) is 20.8 Å². The number of hydrogen-bond donors (Lipinski definition) is 1. The molecule has 0 saturated heterocycles. The zero-order chi connectivity index (χ0) is 11.6. The van der Waals surface area contributed by atoms with Gasteiger partial charge in [0.2, 0.25) is 0 Å². The van der Waals surface area contributed by atoms with Gasteiger partial charge >= 0.3 is 5.97 Å². The molecule has 0 radical (unpaired) electrons. The zero-order valence-corrected chi connectivity index (χ0v) is 9.35. The van der Waals surface area contributed by atoms with E-state index in [9.17, 15) is 4.79 Å². The fourth-order valence-electron chi connectivity index (χ4n) is 1.14. The molecule has 0 aliphatic carbocycles. The maximum absolute atomic E-state index is 11.1. The molecule has 0 aromatic carbocycles. The summed E-state index contributed by atoms with van der Waals surface area (Å²) in [5, 5.41) is 9.07. The standard InChI is InChI=1S/C10H15N3O2/c1-7-8(12-6-5-11-7)13(4)10(2,3)9(14)15/h5-6H,1-4H3,(H,14,15). The fourth-order valence-corrected chi connectivity index (χ4v) is 1.14. The topological polar surface area (TPSA) is 66.3 Å². The normalized spacial score (nSPS) is 11.2. The molecule has 0 aliphatic rings. The molecule has 0 amide bonds. The molecule has 0 fully saturated rings. The van der Waals surface area contributed by atoms with Crippen LogP contribution < -0.4 is 4.90 Å². The lowest BCUT2D eigenvalue weighted by molar-refractivity contribution is -0.142. The number of carboxylic acid groups (broad SMARTS) is 1. The first-order valence-electron chi connectivity index (χ1n) is 4.62. The first-order valence-corrected chi connectivity index (χ1v) is 4.62. The number of carbonyl (C=O) groups is 1. The fraction of sp³-hybridized carbons (Fsp3) is 0.500. The number of aromatic nitrogens is 2. The van der Waals surface area contributed by atoms with Crippen molar-refractivity contribution in [3.8, 4) is 0 Å². The van der Waals surface area contributed by atoms with Gasteiger partial charge in [-0.25, -0.2) is 9.78 Å². The second kappa shape index (κ2) is 3.84. The first kappa shape index (κ1) is 11.4. The molecule has 1 N–H and O–H groups in total. The molecule has 82 valence electrons. The predicted octanol–water partition coefficient (Wildman–Crippen LogP) is 1.08. The quantitative estimate of drug-likeness (QED) is 0.807. The summed E-state index contributed by atoms with van der Waals surface area (Å²) < 4.78 is 0. The summed E-state index contributed by atoms with van der Waals surface area (Å²) in [7, 11) is 1.70. The van der Waals surface area contributed by atoms with Crippen LogP contribution in [-0.4, -0.2) is 33.6 Å². The SMILES string of the molecule is Cc1nccnc1N(C)C(C)(C)C(=O)O. The summed E-state index contributed by atoms with van der Waals surface area (Å²) in [5.41, 5.74) is -0.282. The highest BCUT2D eigenvalue weighted by Crippen LogP contribution is 2.21. The predicted molar refractivity (Wildman–Crippen MR) is 56.9 cm³/mol. The lowest BCUT2D eigenvalue weighted by atomic mass is 10.0. The Morgan fingerprint density at radius 1 is 1.40 bits per heavy atom. The number of anilines is 1. The number of rotatable bonds is 3. The van der Waals surface area contributed by atoms with Crippen molar-refractivity contribution in [1.29, 1.82) is 0 Å². The molecule has 5 heteroatoms. The Morgan fingerprint density at radius 2 is 1.93 bits per heavy atom. The van der Waals surface area contributed by atoms with Gasteiger partial charge in [0.1, 0.15) is 5.54 Å². The van der Waals surface area contributed by atoms with E-state index in [1.807, 2.05) is 0 Å². The number of aliphatic carboxylic acids is 1. The third-order valence-corrected chi connectivity index (χ3v) is 2.53. The summed E-state index contributed by atoms with van der Waals surface area (Å²) in [6, 6.07) is 0. The van der Waals surface area contributed by atoms with Crippen molar-refractivity contribution in [1.82, 2.24) is 9.97 Å². The van der Waals surface area contributed by atoms with Crippen molar-refractivity contribution in [2.24, 2.45) is 0 Å². The van der Waals surface area contributed by atoms with Crippen LogP contribution in [0.4, 0.5) is 5.82 Å². The number of likely N-dealkylation sites (N-methyl/N-ethyl adjacent to an activating group) is 1. The molecule has 0 atom stereocenters. The van der Waals surface area contributed by atoms with Gasteiger partial charge in [0.05, 0.1) is 5.69 Å². The molecule has 5 nitrogen and oxygen atoms in total. The van der Waals surface area contributed by atoms with Crippen LogP contribution in [0, 0.1) is 6.92 Å². The zero-order valence-electron chi connectivity index (χ0n) is 9.35. The Bertz CT molecular complexity index is 377. The van der Waals surface area contributed by atoms with Gasteiger partial charge in [-0.2, -0.15) is 0 Å². The molecule has 1 heterocycles. The van der Waals surface area contributed by atoms with Crippen LogP contribution in [0.1, 0.15) is 19.5 Å². The minimum atomic E-state index is -0.999. The Labute approximate surface area is 88.8 Å². The molecule has 15 heavy (non-hydrogen) atoms. The van der Waals surface area contributed by atoms with E-state index < -0.39 is 11.5 Å². The molecule has 1 aromatic rings. The van der Waals surface area contributed by atoms with Crippen molar-refractivity contribution in [3.05, 3.63) is 18.1 Å². The summed E-state index contributed by atoms with van der Waals surface area (Å²) in [6.07, 6.45) is 3.14. The summed E-state index contributed by atoms with van der Waals surface area (Å²) in [6.45, 7) is 5.06. The van der Waals surface area contributed by atoms with Gasteiger partial charge in [0, 0.05) is 19.4 Å². The van der Waals surface area contributed by atoms with Gasteiger partial charge < -0.3 is 10.0 Å². The lowest BCUT2D eigenvalue weighted by Crippen LogP contribution is -2.48. The molecular weight excluding hydrogens is 194 g/mol. The minimum Gasteiger partial charge on any atom is -0.480 e. The van der Waals surface area contributed by atoms with E-state index in [0.717, 1.165) is 0 Å². The van der Waals surface area contributed by atoms with Crippen LogP contribution in [0.2, 0.25) is 0 Å². The van der Waals surface area contributed by atoms with E-state index in [4.69, 9.17) is 5.11 Å². The molecule has 0 unspecified atom stereocenters. The maximum Gasteiger partial charge on any atom is 0.328 e. The number of nitrogens with zero attached hydrogens (tertiary/aromatic N) is 3. The smallest absolute Gasteiger partial charge is 0.328 e. The summed E-state index contributed by atoms with van der Waals surface area (Å²) >= 11 is 0. The second-order valence-corrected chi connectivity index (χ2v) is 3.89. The first-order chi connectivity index (χ1) is 6.87. The van der Waals surface area contributed by atoms with Crippen LogP contribution in [-0.2, 0) is 4.79 Å². The molecule has 0 aliphatic heterocycles. The third-order valence-electron chi connectivity index (χ3n) is 2.53. The van der Waals surface area contributed by atoms with E-state index in [-0.39, 0.29) is 0 Å². The highest BCUT2D eigenvalue weighted by Gasteiger charge is 2.33. The number of hydrogen-bond acceptors (Lipinski definition) is 4. The molecular formula is C10H15N3O2. The minimum absolute atomic E-state index is 0.588. The largest absolute Gasteiger partial charge is 0.480 e. The maximum atomic E-state index is 11.1. The average molecular weight is 209 g/mol. The van der Waals surface area contributed by atoms with Crippen LogP contribution in [0.15, 0.2) is 12.4 Å². The van der Waals surface area contributed by atoms with Crippen molar-refractivity contribution in [2.45, 2.75) is 26.3 Å².